The number of nitrogens with one attached hydrogen (secondary N) is 2. The average molecular weight is 368 g/mol. The molecule has 1 unspecified atom stereocenters. The second-order valence-electron chi connectivity index (χ2n) is 7.78. The summed E-state index contributed by atoms with van der Waals surface area (Å²) >= 11 is 0. The van der Waals surface area contributed by atoms with E-state index in [9.17, 15) is 0 Å². The first-order valence-corrected chi connectivity index (χ1v) is 9.79. The molecule has 2 aliphatic rings. The molecule has 0 aliphatic carbocycles. The van der Waals surface area contributed by atoms with Gasteiger partial charge in [0.25, 0.3) is 0 Å². The molecule has 1 atom stereocenters. The third kappa shape index (κ3) is 3.77. The Bertz CT molecular complexity index is 841. The van der Waals surface area contributed by atoms with E-state index in [1.165, 1.54) is 5.56 Å². The Kier molecular flexibility index (Phi) is 4.76. The fourth-order valence-electron chi connectivity index (χ4n) is 3.89. The van der Waals surface area contributed by atoms with Gasteiger partial charge in [0.2, 0.25) is 0 Å². The van der Waals surface area contributed by atoms with Crippen molar-refractivity contribution in [1.29, 1.82) is 0 Å². The van der Waals surface area contributed by atoms with E-state index >= 15 is 0 Å². The van der Waals surface area contributed by atoms with Gasteiger partial charge in [0.1, 0.15) is 23.7 Å². The summed E-state index contributed by atoms with van der Waals surface area (Å²) in [5, 5.41) is 15.5. The molecule has 7 heteroatoms. The number of benzene rings is 1. The van der Waals surface area contributed by atoms with Crippen molar-refractivity contribution in [1.82, 2.24) is 25.4 Å². The van der Waals surface area contributed by atoms with Crippen molar-refractivity contribution in [2.75, 3.05) is 6.54 Å². The molecular formula is C20H28N6O. The minimum Gasteiger partial charge on any atom is -0.487 e. The molecule has 0 saturated carbocycles. The number of hydrogen-bond acceptors (Lipinski definition) is 4. The van der Waals surface area contributed by atoms with Crippen molar-refractivity contribution in [3.05, 3.63) is 41.5 Å². The summed E-state index contributed by atoms with van der Waals surface area (Å²) in [7, 11) is 0. The number of aryl methyl sites for hydroxylation is 1. The highest BCUT2D eigenvalue weighted by molar-refractivity contribution is 5.80. The second-order valence-corrected chi connectivity index (χ2v) is 7.78. The van der Waals surface area contributed by atoms with Crippen molar-refractivity contribution in [3.63, 3.8) is 0 Å². The zero-order chi connectivity index (χ0) is 18.9. The molecule has 0 radical (unpaired) electrons. The Morgan fingerprint density at radius 1 is 1.33 bits per heavy atom. The topological polar surface area (TPSA) is 76.4 Å². The Morgan fingerprint density at radius 3 is 3.04 bits per heavy atom. The Hall–Kier alpha value is -2.57. The SMILES string of the molecule is CCNC(=NCc1nnc2n1CCC2)NC1CC(C)(C)Oc2ccccc21. The Labute approximate surface area is 160 Å². The van der Waals surface area contributed by atoms with Crippen LogP contribution >= 0.6 is 0 Å². The standard InChI is InChI=1S/C20H28N6O/c1-4-21-19(22-13-18-25-24-17-10-7-11-26(17)18)23-15-12-20(2,3)27-16-9-6-5-8-14(15)16/h5-6,8-9,15H,4,7,10-13H2,1-3H3,(H2,21,22,23). The maximum Gasteiger partial charge on any atom is 0.192 e. The number of aliphatic imine (C=N–C) groups is 1. The molecule has 0 amide bonds. The largest absolute Gasteiger partial charge is 0.487 e. The predicted molar refractivity (Wildman–Crippen MR) is 105 cm³/mol. The van der Waals surface area contributed by atoms with E-state index in [0.717, 1.165) is 55.7 Å². The summed E-state index contributed by atoms with van der Waals surface area (Å²) in [6.07, 6.45) is 3.03. The number of guanidine groups is 1. The van der Waals surface area contributed by atoms with Crippen LogP contribution in [0.4, 0.5) is 0 Å². The predicted octanol–water partition coefficient (Wildman–Crippen LogP) is 2.58. The van der Waals surface area contributed by atoms with Crippen LogP contribution in [0.1, 0.15) is 56.9 Å². The molecule has 2 aromatic rings. The molecule has 1 aromatic heterocycles. The van der Waals surface area contributed by atoms with E-state index in [1.54, 1.807) is 0 Å². The number of nitrogens with zero attached hydrogens (tertiary/aromatic N) is 4. The smallest absolute Gasteiger partial charge is 0.192 e. The van der Waals surface area contributed by atoms with E-state index in [2.05, 4.69) is 58.3 Å². The molecule has 4 rings (SSSR count). The van der Waals surface area contributed by atoms with E-state index in [4.69, 9.17) is 9.73 Å². The van der Waals surface area contributed by atoms with Gasteiger partial charge in [-0.1, -0.05) is 18.2 Å². The Morgan fingerprint density at radius 2 is 2.19 bits per heavy atom. The first-order valence-electron chi connectivity index (χ1n) is 9.79. The highest BCUT2D eigenvalue weighted by atomic mass is 16.5. The van der Waals surface area contributed by atoms with Gasteiger partial charge in [-0.05, 0) is 33.3 Å². The third-order valence-electron chi connectivity index (χ3n) is 5.10. The maximum absolute atomic E-state index is 6.14. The third-order valence-corrected chi connectivity index (χ3v) is 5.10. The maximum atomic E-state index is 6.14. The van der Waals surface area contributed by atoms with Crippen molar-refractivity contribution in [2.45, 2.75) is 64.8 Å². The molecule has 0 saturated heterocycles. The average Bonchev–Trinajstić information content (AvgIpc) is 3.23. The van der Waals surface area contributed by atoms with Crippen LogP contribution in [-0.4, -0.2) is 32.9 Å². The monoisotopic (exact) mass is 368 g/mol. The van der Waals surface area contributed by atoms with Gasteiger partial charge in [0.05, 0.1) is 6.04 Å². The molecule has 3 heterocycles. The van der Waals surface area contributed by atoms with Gasteiger partial charge in [-0.25, -0.2) is 4.99 Å². The Balaban J connectivity index is 1.54. The summed E-state index contributed by atoms with van der Waals surface area (Å²) in [5.74, 6) is 3.76. The van der Waals surface area contributed by atoms with Gasteiger partial charge >= 0.3 is 0 Å². The lowest BCUT2D eigenvalue weighted by Crippen LogP contribution is -2.45. The van der Waals surface area contributed by atoms with Crippen LogP contribution in [0.3, 0.4) is 0 Å². The summed E-state index contributed by atoms with van der Waals surface area (Å²) in [5.41, 5.74) is 0.947. The summed E-state index contributed by atoms with van der Waals surface area (Å²) < 4.78 is 8.33. The van der Waals surface area contributed by atoms with Crippen molar-refractivity contribution in [2.24, 2.45) is 4.99 Å². The minimum atomic E-state index is -0.225. The van der Waals surface area contributed by atoms with Gasteiger partial charge in [-0.3, -0.25) is 0 Å². The number of hydrogen-bond donors (Lipinski definition) is 2. The van der Waals surface area contributed by atoms with Gasteiger partial charge in [-0.2, -0.15) is 0 Å². The van der Waals surface area contributed by atoms with Crippen LogP contribution in [0.15, 0.2) is 29.3 Å². The molecule has 0 fully saturated rings. The highest BCUT2D eigenvalue weighted by Crippen LogP contribution is 2.39. The molecule has 2 aliphatic heterocycles. The van der Waals surface area contributed by atoms with Crippen molar-refractivity contribution < 1.29 is 4.74 Å². The molecule has 7 nitrogen and oxygen atoms in total. The molecular weight excluding hydrogens is 340 g/mol. The second kappa shape index (κ2) is 7.21. The van der Waals surface area contributed by atoms with Gasteiger partial charge in [-0.15, -0.1) is 10.2 Å². The molecule has 2 N–H and O–H groups in total. The summed E-state index contributed by atoms with van der Waals surface area (Å²) in [6, 6.07) is 8.37. The van der Waals surface area contributed by atoms with Crippen LogP contribution in [0, 0.1) is 0 Å². The zero-order valence-electron chi connectivity index (χ0n) is 16.3. The fraction of sp³-hybridized carbons (Fsp3) is 0.550. The lowest BCUT2D eigenvalue weighted by atomic mass is 9.90. The number of ether oxygens (including phenoxy) is 1. The van der Waals surface area contributed by atoms with Crippen LogP contribution < -0.4 is 15.4 Å². The first-order chi connectivity index (χ1) is 13.1. The first kappa shape index (κ1) is 17.8. The van der Waals surface area contributed by atoms with Crippen LogP contribution in [0.25, 0.3) is 0 Å². The lowest BCUT2D eigenvalue weighted by Gasteiger charge is -2.38. The molecule has 144 valence electrons. The number of aromatic nitrogens is 3. The molecule has 1 aromatic carbocycles. The van der Waals surface area contributed by atoms with E-state index in [0.29, 0.717) is 6.54 Å². The molecule has 0 spiro atoms. The van der Waals surface area contributed by atoms with Gasteiger partial charge in [0, 0.05) is 31.5 Å². The molecule has 27 heavy (non-hydrogen) atoms. The summed E-state index contributed by atoms with van der Waals surface area (Å²) in [4.78, 5) is 4.78. The van der Waals surface area contributed by atoms with Crippen molar-refractivity contribution in [3.8, 4) is 5.75 Å². The van der Waals surface area contributed by atoms with Crippen LogP contribution in [0.2, 0.25) is 0 Å². The number of para-hydroxylation sites is 1. The number of fused-ring (bicyclic) bond motifs is 2. The van der Waals surface area contributed by atoms with Gasteiger partial charge < -0.3 is 19.9 Å². The normalized spacial score (nSPS) is 20.6. The fourth-order valence-corrected chi connectivity index (χ4v) is 3.89. The summed E-state index contributed by atoms with van der Waals surface area (Å²) in [6.45, 7) is 8.66. The van der Waals surface area contributed by atoms with Crippen LogP contribution in [-0.2, 0) is 19.5 Å². The van der Waals surface area contributed by atoms with E-state index < -0.39 is 0 Å². The lowest BCUT2D eigenvalue weighted by molar-refractivity contribution is 0.0694. The highest BCUT2D eigenvalue weighted by Gasteiger charge is 2.34. The van der Waals surface area contributed by atoms with E-state index in [-0.39, 0.29) is 11.6 Å². The van der Waals surface area contributed by atoms with Gasteiger partial charge in [0.15, 0.2) is 11.8 Å². The quantitative estimate of drug-likeness (QED) is 0.641. The number of rotatable bonds is 4. The van der Waals surface area contributed by atoms with Crippen molar-refractivity contribution >= 4 is 5.96 Å². The van der Waals surface area contributed by atoms with Crippen LogP contribution in [0.5, 0.6) is 5.75 Å². The van der Waals surface area contributed by atoms with E-state index in [1.807, 2.05) is 12.1 Å². The zero-order valence-corrected chi connectivity index (χ0v) is 16.3. The molecule has 0 bridgehead atoms. The minimum absolute atomic E-state index is 0.145.